The first kappa shape index (κ1) is 19.0. The monoisotopic (exact) mass is 367 g/mol. The molecular formula is C22H27N2O3+. The lowest BCUT2D eigenvalue weighted by Crippen LogP contribution is -3.07. The van der Waals surface area contributed by atoms with Crippen LogP contribution in [0, 0.1) is 6.92 Å². The highest BCUT2D eigenvalue weighted by Crippen LogP contribution is 2.28. The number of methoxy groups -OCH3 is 1. The molecule has 5 heteroatoms. The standard InChI is InChI=1S/C22H26N2O3/c1-16-19-14-18(26-3)10-11-20(19)27-21(16)22(25)23-12-7-13-24(2)15-17-8-5-4-6-9-17/h4-6,8-11,14H,7,12-13,15H2,1-3H3,(H,23,25)/p+1. The molecule has 142 valence electrons. The first-order valence-electron chi connectivity index (χ1n) is 9.29. The molecule has 0 saturated heterocycles. The van der Waals surface area contributed by atoms with E-state index in [0.717, 1.165) is 36.2 Å². The van der Waals surface area contributed by atoms with Gasteiger partial charge in [0.15, 0.2) is 5.76 Å². The third kappa shape index (κ3) is 4.68. The lowest BCUT2D eigenvalue weighted by molar-refractivity contribution is -0.893. The summed E-state index contributed by atoms with van der Waals surface area (Å²) in [6.07, 6.45) is 0.914. The zero-order valence-electron chi connectivity index (χ0n) is 16.2. The molecule has 0 bridgehead atoms. The summed E-state index contributed by atoms with van der Waals surface area (Å²) in [5.41, 5.74) is 2.87. The summed E-state index contributed by atoms with van der Waals surface area (Å²) in [6, 6.07) is 16.0. The number of amides is 1. The Labute approximate surface area is 159 Å². The Morgan fingerprint density at radius 1 is 1.19 bits per heavy atom. The second kappa shape index (κ2) is 8.73. The Kier molecular flexibility index (Phi) is 6.14. The number of quaternary nitrogens is 1. The fraction of sp³-hybridized carbons (Fsp3) is 0.318. The molecule has 1 aromatic heterocycles. The van der Waals surface area contributed by atoms with Gasteiger partial charge in [0.05, 0.1) is 20.7 Å². The van der Waals surface area contributed by atoms with Crippen molar-refractivity contribution in [2.45, 2.75) is 19.9 Å². The van der Waals surface area contributed by atoms with Crippen molar-refractivity contribution < 1.29 is 18.8 Å². The van der Waals surface area contributed by atoms with Crippen molar-refractivity contribution in [3.05, 3.63) is 65.4 Å². The van der Waals surface area contributed by atoms with Gasteiger partial charge in [-0.2, -0.15) is 0 Å². The van der Waals surface area contributed by atoms with E-state index in [0.29, 0.717) is 17.9 Å². The van der Waals surface area contributed by atoms with Crippen LogP contribution in [0.25, 0.3) is 11.0 Å². The lowest BCUT2D eigenvalue weighted by Gasteiger charge is -2.14. The van der Waals surface area contributed by atoms with Gasteiger partial charge in [0.2, 0.25) is 0 Å². The summed E-state index contributed by atoms with van der Waals surface area (Å²) < 4.78 is 11.0. The van der Waals surface area contributed by atoms with E-state index in [1.165, 1.54) is 10.5 Å². The van der Waals surface area contributed by atoms with Gasteiger partial charge in [-0.1, -0.05) is 30.3 Å². The number of aryl methyl sites for hydroxylation is 1. The average molecular weight is 367 g/mol. The van der Waals surface area contributed by atoms with E-state index in [1.807, 2.05) is 31.2 Å². The van der Waals surface area contributed by atoms with Crippen molar-refractivity contribution in [1.82, 2.24) is 5.32 Å². The van der Waals surface area contributed by atoms with Crippen molar-refractivity contribution in [2.24, 2.45) is 0 Å². The zero-order chi connectivity index (χ0) is 19.2. The predicted molar refractivity (Wildman–Crippen MR) is 106 cm³/mol. The highest BCUT2D eigenvalue weighted by Gasteiger charge is 2.17. The molecule has 0 aliphatic carbocycles. The van der Waals surface area contributed by atoms with Crippen molar-refractivity contribution in [3.63, 3.8) is 0 Å². The lowest BCUT2D eigenvalue weighted by atomic mass is 10.1. The molecule has 0 aliphatic heterocycles. The van der Waals surface area contributed by atoms with Crippen LogP contribution >= 0.6 is 0 Å². The van der Waals surface area contributed by atoms with Crippen LogP contribution < -0.4 is 15.0 Å². The van der Waals surface area contributed by atoms with E-state index in [9.17, 15) is 4.79 Å². The third-order valence-corrected chi connectivity index (χ3v) is 4.76. The SMILES string of the molecule is COc1ccc2oc(C(=O)NCCC[NH+](C)Cc3ccccc3)c(C)c2c1. The van der Waals surface area contributed by atoms with E-state index >= 15 is 0 Å². The Balaban J connectivity index is 1.51. The average Bonchev–Trinajstić information content (AvgIpc) is 3.02. The van der Waals surface area contributed by atoms with Gasteiger partial charge in [-0.15, -0.1) is 0 Å². The molecule has 3 rings (SSSR count). The molecule has 1 heterocycles. The van der Waals surface area contributed by atoms with Crippen molar-refractivity contribution >= 4 is 16.9 Å². The first-order valence-corrected chi connectivity index (χ1v) is 9.29. The molecule has 1 unspecified atom stereocenters. The van der Waals surface area contributed by atoms with Gasteiger partial charge in [0, 0.05) is 29.5 Å². The predicted octanol–water partition coefficient (Wildman–Crippen LogP) is 2.58. The molecule has 0 fully saturated rings. The Morgan fingerprint density at radius 2 is 1.96 bits per heavy atom. The number of ether oxygens (including phenoxy) is 1. The van der Waals surface area contributed by atoms with E-state index in [2.05, 4.69) is 36.6 Å². The maximum absolute atomic E-state index is 12.5. The fourth-order valence-corrected chi connectivity index (χ4v) is 3.25. The van der Waals surface area contributed by atoms with E-state index < -0.39 is 0 Å². The van der Waals surface area contributed by atoms with Gasteiger partial charge >= 0.3 is 0 Å². The number of carbonyl (C=O) groups is 1. The number of benzene rings is 2. The maximum atomic E-state index is 12.5. The Hall–Kier alpha value is -2.79. The molecule has 5 nitrogen and oxygen atoms in total. The molecule has 1 amide bonds. The topological polar surface area (TPSA) is 55.9 Å². The van der Waals surface area contributed by atoms with E-state index in [1.54, 1.807) is 7.11 Å². The van der Waals surface area contributed by atoms with Gasteiger partial charge in [-0.3, -0.25) is 4.79 Å². The van der Waals surface area contributed by atoms with Gasteiger partial charge in [-0.25, -0.2) is 0 Å². The molecule has 3 aromatic rings. The van der Waals surface area contributed by atoms with Crippen molar-refractivity contribution in [1.29, 1.82) is 0 Å². The summed E-state index contributed by atoms with van der Waals surface area (Å²) in [4.78, 5) is 13.9. The smallest absolute Gasteiger partial charge is 0.287 e. The van der Waals surface area contributed by atoms with Crippen LogP contribution in [-0.4, -0.2) is 33.2 Å². The number of nitrogens with one attached hydrogen (secondary N) is 2. The highest BCUT2D eigenvalue weighted by molar-refractivity contribution is 5.99. The number of furan rings is 1. The van der Waals surface area contributed by atoms with Crippen molar-refractivity contribution in [3.8, 4) is 5.75 Å². The second-order valence-electron chi connectivity index (χ2n) is 6.90. The largest absolute Gasteiger partial charge is 0.497 e. The number of rotatable bonds is 8. The van der Waals surface area contributed by atoms with Gasteiger partial charge in [0.1, 0.15) is 17.9 Å². The number of hydrogen-bond donors (Lipinski definition) is 2. The molecule has 0 aliphatic rings. The molecule has 27 heavy (non-hydrogen) atoms. The fourth-order valence-electron chi connectivity index (χ4n) is 3.25. The van der Waals surface area contributed by atoms with Gasteiger partial charge in [-0.05, 0) is 25.1 Å². The van der Waals surface area contributed by atoms with Crippen LogP contribution in [0.15, 0.2) is 52.9 Å². The van der Waals surface area contributed by atoms with Crippen LogP contribution in [0.3, 0.4) is 0 Å². The van der Waals surface area contributed by atoms with E-state index in [-0.39, 0.29) is 5.91 Å². The first-order chi connectivity index (χ1) is 13.1. The van der Waals surface area contributed by atoms with Crippen LogP contribution in [0.2, 0.25) is 0 Å². The minimum atomic E-state index is -0.164. The van der Waals surface area contributed by atoms with Crippen LogP contribution in [0.4, 0.5) is 0 Å². The number of carbonyl (C=O) groups excluding carboxylic acids is 1. The minimum Gasteiger partial charge on any atom is -0.497 e. The van der Waals surface area contributed by atoms with E-state index in [4.69, 9.17) is 9.15 Å². The van der Waals surface area contributed by atoms with Crippen LogP contribution in [-0.2, 0) is 6.54 Å². The molecule has 0 saturated carbocycles. The Morgan fingerprint density at radius 3 is 2.70 bits per heavy atom. The summed E-state index contributed by atoms with van der Waals surface area (Å²) in [6.45, 7) is 4.51. The maximum Gasteiger partial charge on any atom is 0.287 e. The van der Waals surface area contributed by atoms with Crippen LogP contribution in [0.1, 0.15) is 28.1 Å². The minimum absolute atomic E-state index is 0.164. The molecule has 0 radical (unpaired) electrons. The van der Waals surface area contributed by atoms with Gasteiger partial charge in [0.25, 0.3) is 5.91 Å². The third-order valence-electron chi connectivity index (χ3n) is 4.76. The molecular weight excluding hydrogens is 340 g/mol. The highest BCUT2D eigenvalue weighted by atomic mass is 16.5. The molecule has 0 spiro atoms. The summed E-state index contributed by atoms with van der Waals surface area (Å²) >= 11 is 0. The van der Waals surface area contributed by atoms with Crippen molar-refractivity contribution in [2.75, 3.05) is 27.2 Å². The summed E-state index contributed by atoms with van der Waals surface area (Å²) in [7, 11) is 3.80. The zero-order valence-corrected chi connectivity index (χ0v) is 16.2. The summed E-state index contributed by atoms with van der Waals surface area (Å²) in [5, 5.41) is 3.88. The number of hydrogen-bond acceptors (Lipinski definition) is 3. The van der Waals surface area contributed by atoms with Gasteiger partial charge < -0.3 is 19.4 Å². The molecule has 2 N–H and O–H groups in total. The molecule has 1 atom stereocenters. The normalized spacial score (nSPS) is 12.1. The van der Waals surface area contributed by atoms with Crippen LogP contribution in [0.5, 0.6) is 5.75 Å². The Bertz CT molecular complexity index is 903. The quantitative estimate of drug-likeness (QED) is 0.602. The number of fused-ring (bicyclic) bond motifs is 1. The summed E-state index contributed by atoms with van der Waals surface area (Å²) in [5.74, 6) is 0.967. The second-order valence-corrected chi connectivity index (χ2v) is 6.90. The molecule has 2 aromatic carbocycles.